The lowest BCUT2D eigenvalue weighted by molar-refractivity contribution is -0.143. The van der Waals surface area contributed by atoms with Crippen LogP contribution in [0.15, 0.2) is 0 Å². The zero-order valence-corrected chi connectivity index (χ0v) is 17.2. The van der Waals surface area contributed by atoms with Crippen LogP contribution in [0.3, 0.4) is 0 Å². The molecule has 3 fully saturated rings. The monoisotopic (exact) mass is 422 g/mol. The minimum atomic E-state index is -0.823. The van der Waals surface area contributed by atoms with Gasteiger partial charge in [0.15, 0.2) is 5.82 Å². The van der Waals surface area contributed by atoms with E-state index in [-0.39, 0.29) is 12.6 Å². The average Bonchev–Trinajstić information content (AvgIpc) is 3.35. The summed E-state index contributed by atoms with van der Waals surface area (Å²) in [7, 11) is 1.56. The molecule has 1 aromatic rings. The summed E-state index contributed by atoms with van der Waals surface area (Å²) in [4.78, 5) is 26.8. The van der Waals surface area contributed by atoms with Crippen LogP contribution in [0.1, 0.15) is 44.0 Å². The van der Waals surface area contributed by atoms with Gasteiger partial charge >= 0.3 is 11.9 Å². The lowest BCUT2D eigenvalue weighted by atomic mass is 9.69. The number of methoxy groups -OCH3 is 1. The number of tetrazole rings is 1. The van der Waals surface area contributed by atoms with Gasteiger partial charge in [-0.05, 0) is 61.6 Å². The minimum absolute atomic E-state index is 0.129. The van der Waals surface area contributed by atoms with E-state index in [0.29, 0.717) is 49.5 Å². The van der Waals surface area contributed by atoms with Crippen LogP contribution in [-0.2, 0) is 20.9 Å². The van der Waals surface area contributed by atoms with Crippen molar-refractivity contribution in [2.24, 2.45) is 17.8 Å². The number of aromatic nitrogens is 4. The van der Waals surface area contributed by atoms with E-state index in [0.717, 1.165) is 25.8 Å². The number of nitrogens with one attached hydrogen (secondary N) is 1. The summed E-state index contributed by atoms with van der Waals surface area (Å²) < 4.78 is 5.03. The molecule has 1 saturated carbocycles. The van der Waals surface area contributed by atoms with Crippen molar-refractivity contribution in [3.63, 3.8) is 0 Å². The molecular weight excluding hydrogens is 392 g/mol. The van der Waals surface area contributed by atoms with Gasteiger partial charge in [-0.1, -0.05) is 0 Å². The molecule has 11 nitrogen and oxygen atoms in total. The molecule has 2 saturated heterocycles. The molecule has 0 aromatic carbocycles. The summed E-state index contributed by atoms with van der Waals surface area (Å²) in [6, 6.07) is -1.16. The second kappa shape index (κ2) is 8.94. The van der Waals surface area contributed by atoms with Gasteiger partial charge in [0.1, 0.15) is 18.7 Å². The highest BCUT2D eigenvalue weighted by atomic mass is 16.5. The Morgan fingerprint density at radius 1 is 1.17 bits per heavy atom. The van der Waals surface area contributed by atoms with Crippen molar-refractivity contribution < 1.29 is 24.5 Å². The molecule has 166 valence electrons. The molecule has 1 aliphatic carbocycles. The summed E-state index contributed by atoms with van der Waals surface area (Å²) >= 11 is 0. The Bertz CT molecular complexity index is 772. The maximum atomic E-state index is 11.9. The normalized spacial score (nSPS) is 34.6. The summed E-state index contributed by atoms with van der Waals surface area (Å²) in [6.07, 6.45) is 4.18. The molecule has 30 heavy (non-hydrogen) atoms. The third-order valence-electron chi connectivity index (χ3n) is 6.94. The molecule has 0 radical (unpaired) electrons. The number of hydrogen-bond donors (Lipinski definition) is 3. The van der Waals surface area contributed by atoms with Crippen LogP contribution in [0, 0.1) is 17.8 Å². The first-order chi connectivity index (χ1) is 14.4. The van der Waals surface area contributed by atoms with E-state index in [2.05, 4.69) is 20.7 Å². The maximum Gasteiger partial charge on any atom is 0.321 e. The number of ether oxygens (including phenoxy) is 1. The number of carboxylic acid groups (broad SMARTS) is 2. The number of nitrogens with zero attached hydrogens (tertiary/aromatic N) is 5. The first kappa shape index (κ1) is 21.1. The van der Waals surface area contributed by atoms with Crippen molar-refractivity contribution in [2.75, 3.05) is 26.7 Å². The van der Waals surface area contributed by atoms with E-state index < -0.39 is 24.0 Å². The molecule has 3 N–H and O–H groups in total. The first-order valence-electron chi connectivity index (χ1n) is 10.6. The van der Waals surface area contributed by atoms with Crippen molar-refractivity contribution in [1.82, 2.24) is 30.4 Å². The Balaban J connectivity index is 1.38. The molecule has 0 spiro atoms. The third kappa shape index (κ3) is 4.47. The molecule has 6 unspecified atom stereocenters. The van der Waals surface area contributed by atoms with Gasteiger partial charge in [-0.25, -0.2) is 0 Å². The van der Waals surface area contributed by atoms with Crippen LogP contribution in [0.4, 0.5) is 0 Å². The molecule has 11 heteroatoms. The predicted molar refractivity (Wildman–Crippen MR) is 104 cm³/mol. The number of fused-ring (bicyclic) bond motifs is 1. The summed E-state index contributed by atoms with van der Waals surface area (Å²) in [5.74, 6) is 0.179. The van der Waals surface area contributed by atoms with Gasteiger partial charge in [-0.3, -0.25) is 14.5 Å². The Morgan fingerprint density at radius 2 is 2.00 bits per heavy atom. The Labute approximate surface area is 174 Å². The van der Waals surface area contributed by atoms with Crippen molar-refractivity contribution in [3.05, 3.63) is 5.82 Å². The van der Waals surface area contributed by atoms with E-state index in [4.69, 9.17) is 4.74 Å². The molecular formula is C19H30N6O5. The third-order valence-corrected chi connectivity index (χ3v) is 6.94. The Kier molecular flexibility index (Phi) is 6.30. The van der Waals surface area contributed by atoms with Crippen LogP contribution in [0.2, 0.25) is 0 Å². The number of carbonyl (C=O) groups is 2. The summed E-state index contributed by atoms with van der Waals surface area (Å²) in [6.45, 7) is 2.32. The van der Waals surface area contributed by atoms with Gasteiger partial charge in [0.2, 0.25) is 0 Å². The fourth-order valence-electron chi connectivity index (χ4n) is 5.45. The lowest BCUT2D eigenvalue weighted by Gasteiger charge is -2.42. The molecule has 3 heterocycles. The average molecular weight is 422 g/mol. The van der Waals surface area contributed by atoms with Crippen molar-refractivity contribution in [3.8, 4) is 0 Å². The fourth-order valence-corrected chi connectivity index (χ4v) is 5.45. The second-order valence-electron chi connectivity index (χ2n) is 8.89. The zero-order chi connectivity index (χ0) is 21.3. The topological polar surface area (TPSA) is 143 Å². The molecule has 0 bridgehead atoms. The number of carboxylic acids is 2. The maximum absolute atomic E-state index is 11.9. The van der Waals surface area contributed by atoms with Gasteiger partial charge < -0.3 is 20.3 Å². The van der Waals surface area contributed by atoms with Crippen molar-refractivity contribution in [2.45, 2.75) is 56.8 Å². The van der Waals surface area contributed by atoms with Gasteiger partial charge in [0.25, 0.3) is 0 Å². The Hall–Kier alpha value is -2.11. The van der Waals surface area contributed by atoms with Crippen molar-refractivity contribution in [1.29, 1.82) is 0 Å². The van der Waals surface area contributed by atoms with Gasteiger partial charge in [0, 0.05) is 20.2 Å². The SMILES string of the molecule is COCc1nnn(C2CC(C(=O)O)N(CC3CCC4CNC(C(=O)O)CC4C3)C2)n1. The van der Waals surface area contributed by atoms with E-state index >= 15 is 0 Å². The van der Waals surface area contributed by atoms with Crippen LogP contribution in [-0.4, -0.2) is 86.1 Å². The smallest absolute Gasteiger partial charge is 0.321 e. The van der Waals surface area contributed by atoms with E-state index in [1.807, 2.05) is 4.90 Å². The summed E-state index contributed by atoms with van der Waals surface area (Å²) in [5, 5.41) is 34.6. The first-order valence-corrected chi connectivity index (χ1v) is 10.6. The highest BCUT2D eigenvalue weighted by Gasteiger charge is 2.42. The predicted octanol–water partition coefficient (Wildman–Crippen LogP) is -0.00150. The molecule has 3 aliphatic rings. The van der Waals surface area contributed by atoms with Crippen LogP contribution >= 0.6 is 0 Å². The number of likely N-dealkylation sites (tertiary alicyclic amines) is 1. The lowest BCUT2D eigenvalue weighted by Crippen LogP contribution is -2.50. The van der Waals surface area contributed by atoms with E-state index in [9.17, 15) is 19.8 Å². The number of hydrogen-bond acceptors (Lipinski definition) is 8. The van der Waals surface area contributed by atoms with E-state index in [1.165, 1.54) is 4.80 Å². The van der Waals surface area contributed by atoms with Gasteiger partial charge in [0.05, 0.1) is 6.04 Å². The van der Waals surface area contributed by atoms with Crippen LogP contribution < -0.4 is 5.32 Å². The zero-order valence-electron chi connectivity index (χ0n) is 17.2. The number of aliphatic carboxylic acids is 2. The van der Waals surface area contributed by atoms with Gasteiger partial charge in [-0.2, -0.15) is 4.80 Å². The highest BCUT2D eigenvalue weighted by Crippen LogP contribution is 2.40. The largest absolute Gasteiger partial charge is 0.480 e. The molecule has 1 aromatic heterocycles. The standard InChI is InChI=1S/C19H30N6O5/c1-30-10-17-21-23-25(22-17)14-6-16(19(28)29)24(9-14)8-11-2-3-12-7-20-15(18(26)27)5-13(12)4-11/h11-16,20H,2-10H2,1H3,(H,26,27)(H,28,29). The van der Waals surface area contributed by atoms with Gasteiger partial charge in [-0.15, -0.1) is 10.2 Å². The number of rotatable bonds is 7. The van der Waals surface area contributed by atoms with Crippen LogP contribution in [0.25, 0.3) is 0 Å². The molecule has 0 amide bonds. The fraction of sp³-hybridized carbons (Fsp3) is 0.842. The summed E-state index contributed by atoms with van der Waals surface area (Å²) in [5.41, 5.74) is 0. The molecule has 6 atom stereocenters. The molecule has 2 aliphatic heterocycles. The molecule has 4 rings (SSSR count). The minimum Gasteiger partial charge on any atom is -0.480 e. The quantitative estimate of drug-likeness (QED) is 0.549. The Morgan fingerprint density at radius 3 is 2.73 bits per heavy atom. The highest BCUT2D eigenvalue weighted by molar-refractivity contribution is 5.74. The number of piperidine rings is 1. The van der Waals surface area contributed by atoms with Crippen LogP contribution in [0.5, 0.6) is 0 Å². The van der Waals surface area contributed by atoms with Crippen molar-refractivity contribution >= 4 is 11.9 Å². The van der Waals surface area contributed by atoms with E-state index in [1.54, 1.807) is 7.11 Å². The second-order valence-corrected chi connectivity index (χ2v) is 8.89.